The first kappa shape index (κ1) is 18.8. The molecule has 0 aliphatic heterocycles. The molecule has 0 fully saturated rings. The van der Waals surface area contributed by atoms with Crippen LogP contribution < -0.4 is 19.7 Å². The molecule has 0 radical (unpaired) electrons. The van der Waals surface area contributed by atoms with Crippen molar-refractivity contribution < 1.29 is 14.3 Å². The van der Waals surface area contributed by atoms with Crippen LogP contribution in [0, 0.1) is 0 Å². The second-order valence-corrected chi connectivity index (χ2v) is 5.49. The highest BCUT2D eigenvalue weighted by atomic mass is 35.5. The number of rotatable bonds is 7. The zero-order valence-corrected chi connectivity index (χ0v) is 15.4. The van der Waals surface area contributed by atoms with E-state index in [9.17, 15) is 4.79 Å². The first-order valence-corrected chi connectivity index (χ1v) is 8.21. The molecule has 8 heteroatoms. The molecule has 0 saturated carbocycles. The lowest BCUT2D eigenvalue weighted by molar-refractivity contribution is 0.102. The van der Waals surface area contributed by atoms with Crippen LogP contribution in [0.25, 0.3) is 0 Å². The van der Waals surface area contributed by atoms with Crippen molar-refractivity contribution in [2.75, 3.05) is 37.5 Å². The van der Waals surface area contributed by atoms with E-state index < -0.39 is 0 Å². The molecular formula is C17H21ClN4O3. The molecule has 134 valence electrons. The summed E-state index contributed by atoms with van der Waals surface area (Å²) in [6.45, 7) is 5.63. The average Bonchev–Trinajstić information content (AvgIpc) is 2.64. The predicted octanol–water partition coefficient (Wildman–Crippen LogP) is 3.25. The maximum absolute atomic E-state index is 12.5. The molecular weight excluding hydrogens is 344 g/mol. The Balaban J connectivity index is 2.22. The van der Waals surface area contributed by atoms with E-state index in [2.05, 4.69) is 15.3 Å². The van der Waals surface area contributed by atoms with Crippen LogP contribution in [-0.2, 0) is 0 Å². The van der Waals surface area contributed by atoms with Crippen LogP contribution in [0.5, 0.6) is 11.5 Å². The van der Waals surface area contributed by atoms with Gasteiger partial charge in [0.15, 0.2) is 0 Å². The number of carbonyl (C=O) groups is 1. The van der Waals surface area contributed by atoms with E-state index in [1.165, 1.54) is 26.6 Å². The largest absolute Gasteiger partial charge is 0.495 e. The van der Waals surface area contributed by atoms with Crippen molar-refractivity contribution in [2.45, 2.75) is 13.8 Å². The summed E-state index contributed by atoms with van der Waals surface area (Å²) in [4.78, 5) is 22.9. The van der Waals surface area contributed by atoms with Gasteiger partial charge in [0, 0.05) is 37.6 Å². The molecule has 0 spiro atoms. The number of anilines is 2. The molecule has 0 aliphatic rings. The topological polar surface area (TPSA) is 76.6 Å². The number of carbonyl (C=O) groups excluding carboxylic acids is 1. The van der Waals surface area contributed by atoms with Crippen molar-refractivity contribution in [1.82, 2.24) is 9.97 Å². The Morgan fingerprint density at radius 2 is 1.72 bits per heavy atom. The van der Waals surface area contributed by atoms with E-state index in [0.717, 1.165) is 13.1 Å². The second-order valence-electron chi connectivity index (χ2n) is 5.09. The lowest BCUT2D eigenvalue weighted by atomic mass is 10.2. The van der Waals surface area contributed by atoms with Crippen LogP contribution in [0.2, 0.25) is 5.02 Å². The number of aromatic nitrogens is 2. The molecule has 2 aromatic rings. The maximum Gasteiger partial charge on any atom is 0.258 e. The number of methoxy groups -OCH3 is 2. The Hall–Kier alpha value is -2.54. The Morgan fingerprint density at radius 3 is 2.24 bits per heavy atom. The van der Waals surface area contributed by atoms with Gasteiger partial charge in [-0.05, 0) is 13.8 Å². The summed E-state index contributed by atoms with van der Waals surface area (Å²) in [6, 6.07) is 3.18. The van der Waals surface area contributed by atoms with E-state index in [1.807, 2.05) is 18.7 Å². The summed E-state index contributed by atoms with van der Waals surface area (Å²) in [5.41, 5.74) is 0.786. The first-order chi connectivity index (χ1) is 12.0. The van der Waals surface area contributed by atoms with Gasteiger partial charge in [-0.2, -0.15) is 0 Å². The second kappa shape index (κ2) is 8.53. The molecule has 0 unspecified atom stereocenters. The van der Waals surface area contributed by atoms with Gasteiger partial charge in [0.25, 0.3) is 5.91 Å². The zero-order chi connectivity index (χ0) is 18.4. The Labute approximate surface area is 151 Å². The van der Waals surface area contributed by atoms with Gasteiger partial charge in [-0.1, -0.05) is 11.6 Å². The Morgan fingerprint density at radius 1 is 1.12 bits per heavy atom. The Kier molecular flexibility index (Phi) is 6.41. The zero-order valence-electron chi connectivity index (χ0n) is 14.7. The SMILES string of the molecule is CCN(CC)c1ncc(C(=O)Nc2cc(OC)c(Cl)cc2OC)cn1. The van der Waals surface area contributed by atoms with Gasteiger partial charge in [0.05, 0.1) is 30.5 Å². The van der Waals surface area contributed by atoms with E-state index in [0.29, 0.717) is 33.7 Å². The van der Waals surface area contributed by atoms with Gasteiger partial charge in [0.1, 0.15) is 11.5 Å². The van der Waals surface area contributed by atoms with Gasteiger partial charge in [-0.25, -0.2) is 9.97 Å². The van der Waals surface area contributed by atoms with Crippen molar-refractivity contribution in [3.8, 4) is 11.5 Å². The number of benzene rings is 1. The number of nitrogens with zero attached hydrogens (tertiary/aromatic N) is 3. The summed E-state index contributed by atoms with van der Waals surface area (Å²) < 4.78 is 10.4. The maximum atomic E-state index is 12.5. The normalized spacial score (nSPS) is 10.3. The smallest absolute Gasteiger partial charge is 0.258 e. The highest BCUT2D eigenvalue weighted by Gasteiger charge is 2.15. The summed E-state index contributed by atoms with van der Waals surface area (Å²) in [7, 11) is 2.99. The monoisotopic (exact) mass is 364 g/mol. The van der Waals surface area contributed by atoms with Gasteiger partial charge in [-0.3, -0.25) is 4.79 Å². The van der Waals surface area contributed by atoms with E-state index >= 15 is 0 Å². The van der Waals surface area contributed by atoms with Crippen LogP contribution in [-0.4, -0.2) is 43.2 Å². The highest BCUT2D eigenvalue weighted by molar-refractivity contribution is 6.32. The molecule has 0 aliphatic carbocycles. The van der Waals surface area contributed by atoms with Gasteiger partial charge in [-0.15, -0.1) is 0 Å². The van der Waals surface area contributed by atoms with Crippen LogP contribution in [0.1, 0.15) is 24.2 Å². The molecule has 1 aromatic carbocycles. The van der Waals surface area contributed by atoms with Crippen LogP contribution in [0.15, 0.2) is 24.5 Å². The summed E-state index contributed by atoms with van der Waals surface area (Å²) in [5.74, 6) is 1.10. The number of halogens is 1. The predicted molar refractivity (Wildman–Crippen MR) is 98.1 cm³/mol. The summed E-state index contributed by atoms with van der Waals surface area (Å²) in [5, 5.41) is 3.15. The molecule has 1 heterocycles. The minimum Gasteiger partial charge on any atom is -0.495 e. The fraction of sp³-hybridized carbons (Fsp3) is 0.353. The fourth-order valence-electron chi connectivity index (χ4n) is 2.26. The Bertz CT molecular complexity index is 733. The van der Waals surface area contributed by atoms with Crippen molar-refractivity contribution >= 4 is 29.1 Å². The molecule has 2 rings (SSSR count). The number of nitrogens with one attached hydrogen (secondary N) is 1. The first-order valence-electron chi connectivity index (χ1n) is 7.83. The van der Waals surface area contributed by atoms with Crippen LogP contribution in [0.4, 0.5) is 11.6 Å². The molecule has 0 bridgehead atoms. The molecule has 1 N–H and O–H groups in total. The summed E-state index contributed by atoms with van der Waals surface area (Å²) in [6.07, 6.45) is 2.99. The molecule has 25 heavy (non-hydrogen) atoms. The lowest BCUT2D eigenvalue weighted by Gasteiger charge is -2.18. The number of ether oxygens (including phenoxy) is 2. The van der Waals surface area contributed by atoms with Crippen molar-refractivity contribution in [3.63, 3.8) is 0 Å². The van der Waals surface area contributed by atoms with E-state index in [1.54, 1.807) is 12.1 Å². The fourth-order valence-corrected chi connectivity index (χ4v) is 2.49. The lowest BCUT2D eigenvalue weighted by Crippen LogP contribution is -2.24. The molecule has 7 nitrogen and oxygen atoms in total. The van der Waals surface area contributed by atoms with Gasteiger partial charge < -0.3 is 19.7 Å². The van der Waals surface area contributed by atoms with Gasteiger partial charge in [0.2, 0.25) is 5.95 Å². The molecule has 1 aromatic heterocycles. The quantitative estimate of drug-likeness (QED) is 0.812. The van der Waals surface area contributed by atoms with Crippen LogP contribution >= 0.6 is 11.6 Å². The molecule has 0 atom stereocenters. The molecule has 1 amide bonds. The minimum atomic E-state index is -0.353. The number of amides is 1. The van der Waals surface area contributed by atoms with Crippen molar-refractivity contribution in [3.05, 3.63) is 35.1 Å². The number of hydrogen-bond donors (Lipinski definition) is 1. The highest BCUT2D eigenvalue weighted by Crippen LogP contribution is 2.36. The van der Waals surface area contributed by atoms with E-state index in [4.69, 9.17) is 21.1 Å². The van der Waals surface area contributed by atoms with Gasteiger partial charge >= 0.3 is 0 Å². The third kappa shape index (κ3) is 4.30. The average molecular weight is 365 g/mol. The summed E-state index contributed by atoms with van der Waals surface area (Å²) >= 11 is 6.07. The minimum absolute atomic E-state index is 0.340. The third-order valence-electron chi connectivity index (χ3n) is 3.67. The third-order valence-corrected chi connectivity index (χ3v) is 3.96. The van der Waals surface area contributed by atoms with Crippen molar-refractivity contribution in [1.29, 1.82) is 0 Å². The number of hydrogen-bond acceptors (Lipinski definition) is 6. The van der Waals surface area contributed by atoms with Crippen molar-refractivity contribution in [2.24, 2.45) is 0 Å². The van der Waals surface area contributed by atoms with Crippen LogP contribution in [0.3, 0.4) is 0 Å². The standard InChI is InChI=1S/C17H21ClN4O3/c1-5-22(6-2)17-19-9-11(10-20-17)16(23)21-13-8-14(24-3)12(18)7-15(13)25-4/h7-10H,5-6H2,1-4H3,(H,21,23). The van der Waals surface area contributed by atoms with E-state index in [-0.39, 0.29) is 5.91 Å². The molecule has 0 saturated heterocycles.